The van der Waals surface area contributed by atoms with Gasteiger partial charge in [0.1, 0.15) is 0 Å². The zero-order valence-electron chi connectivity index (χ0n) is 5.31. The molecule has 2 N–H and O–H groups in total. The van der Waals surface area contributed by atoms with Crippen molar-refractivity contribution < 1.29 is 0 Å². The number of thioether (sulfide) groups is 1. The molecule has 1 heterocycles. The van der Waals surface area contributed by atoms with Crippen LogP contribution in [0.4, 0.5) is 0 Å². The van der Waals surface area contributed by atoms with Crippen LogP contribution >= 0.6 is 24.0 Å². The van der Waals surface area contributed by atoms with Gasteiger partial charge >= 0.3 is 0 Å². The number of hydrogen-bond donors (Lipinski definition) is 2. The smallest absolute Gasteiger partial charge is 0.166 e. The molecule has 0 aromatic carbocycles. The molecule has 2 nitrogen and oxygen atoms in total. The average molecular weight is 162 g/mol. The number of hydrogen-bond acceptors (Lipinski definition) is 2. The highest BCUT2D eigenvalue weighted by atomic mass is 32.2. The Hall–Kier alpha value is 0.0400. The third-order valence-electron chi connectivity index (χ3n) is 1.20. The van der Waals surface area contributed by atoms with Crippen molar-refractivity contribution in [3.8, 4) is 0 Å². The zero-order chi connectivity index (χ0) is 6.69. The first kappa shape index (κ1) is 7.15. The van der Waals surface area contributed by atoms with Crippen LogP contribution in [-0.4, -0.2) is 29.7 Å². The molecule has 0 atom stereocenters. The maximum Gasteiger partial charge on any atom is 0.166 e. The lowest BCUT2D eigenvalue weighted by molar-refractivity contribution is 0.715. The van der Waals surface area contributed by atoms with Crippen molar-refractivity contribution in [3.05, 3.63) is 0 Å². The first-order valence-corrected chi connectivity index (χ1v) is 4.45. The highest BCUT2D eigenvalue weighted by Gasteiger charge is 2.17. The Bertz CT molecular complexity index is 112. The van der Waals surface area contributed by atoms with E-state index in [4.69, 9.17) is 12.2 Å². The molecule has 1 rings (SSSR count). The summed E-state index contributed by atoms with van der Waals surface area (Å²) in [7, 11) is 1.83. The molecule has 0 spiro atoms. The highest BCUT2D eigenvalue weighted by Crippen LogP contribution is 2.16. The summed E-state index contributed by atoms with van der Waals surface area (Å²) in [6.45, 7) is 0. The Morgan fingerprint density at radius 1 is 1.67 bits per heavy atom. The zero-order valence-corrected chi connectivity index (χ0v) is 6.94. The van der Waals surface area contributed by atoms with Gasteiger partial charge in [0.05, 0.1) is 0 Å². The van der Waals surface area contributed by atoms with Crippen LogP contribution in [0.25, 0.3) is 0 Å². The molecule has 9 heavy (non-hydrogen) atoms. The standard InChI is InChI=1S/C5H10N2S2/c1-6-5(8)7-4-2-9-3-4/h4H,2-3H2,1H3,(H2,6,7,8). The van der Waals surface area contributed by atoms with Gasteiger partial charge in [-0.1, -0.05) is 0 Å². The van der Waals surface area contributed by atoms with E-state index in [1.54, 1.807) is 0 Å². The van der Waals surface area contributed by atoms with Crippen LogP contribution in [0.2, 0.25) is 0 Å². The van der Waals surface area contributed by atoms with Gasteiger partial charge < -0.3 is 10.6 Å². The molecule has 1 saturated heterocycles. The van der Waals surface area contributed by atoms with Crippen LogP contribution < -0.4 is 10.6 Å². The quantitative estimate of drug-likeness (QED) is 0.538. The van der Waals surface area contributed by atoms with E-state index in [1.807, 2.05) is 18.8 Å². The van der Waals surface area contributed by atoms with Gasteiger partial charge in [0.2, 0.25) is 0 Å². The van der Waals surface area contributed by atoms with Crippen LogP contribution in [0.3, 0.4) is 0 Å². The number of rotatable bonds is 1. The Kier molecular flexibility index (Phi) is 2.60. The third kappa shape index (κ3) is 2.02. The topological polar surface area (TPSA) is 24.1 Å². The summed E-state index contributed by atoms with van der Waals surface area (Å²) in [5.74, 6) is 2.39. The summed E-state index contributed by atoms with van der Waals surface area (Å²) >= 11 is 6.85. The monoisotopic (exact) mass is 162 g/mol. The Morgan fingerprint density at radius 3 is 2.67 bits per heavy atom. The predicted octanol–water partition coefficient (Wildman–Crippen LogP) is 0.196. The van der Waals surface area contributed by atoms with Crippen molar-refractivity contribution in [3.63, 3.8) is 0 Å². The van der Waals surface area contributed by atoms with E-state index in [9.17, 15) is 0 Å². The van der Waals surface area contributed by atoms with Crippen LogP contribution in [0, 0.1) is 0 Å². The molecule has 0 bridgehead atoms. The van der Waals surface area contributed by atoms with Gasteiger partial charge in [-0.25, -0.2) is 0 Å². The molecule has 0 saturated carbocycles. The van der Waals surface area contributed by atoms with E-state index in [2.05, 4.69) is 10.6 Å². The van der Waals surface area contributed by atoms with Gasteiger partial charge in [-0.05, 0) is 12.2 Å². The maximum atomic E-state index is 4.90. The minimum absolute atomic E-state index is 0.620. The molecule has 0 aliphatic carbocycles. The van der Waals surface area contributed by atoms with Crippen molar-refractivity contribution >= 4 is 29.1 Å². The lowest BCUT2D eigenvalue weighted by Gasteiger charge is -2.26. The van der Waals surface area contributed by atoms with E-state index >= 15 is 0 Å². The van der Waals surface area contributed by atoms with Crippen LogP contribution in [0.15, 0.2) is 0 Å². The van der Waals surface area contributed by atoms with Crippen molar-refractivity contribution in [2.24, 2.45) is 0 Å². The van der Waals surface area contributed by atoms with Crippen LogP contribution in [-0.2, 0) is 0 Å². The molecule has 1 aliphatic rings. The molecule has 0 aromatic rings. The fourth-order valence-corrected chi connectivity index (χ4v) is 1.38. The van der Waals surface area contributed by atoms with Gasteiger partial charge in [0.15, 0.2) is 5.11 Å². The second-order valence-electron chi connectivity index (χ2n) is 1.96. The maximum absolute atomic E-state index is 4.90. The van der Waals surface area contributed by atoms with Gasteiger partial charge in [-0.15, -0.1) is 0 Å². The van der Waals surface area contributed by atoms with E-state index in [1.165, 1.54) is 11.5 Å². The lowest BCUT2D eigenvalue weighted by Crippen LogP contribution is -2.47. The molecular weight excluding hydrogens is 152 g/mol. The summed E-state index contributed by atoms with van der Waals surface area (Å²) < 4.78 is 0. The summed E-state index contributed by atoms with van der Waals surface area (Å²) in [6.07, 6.45) is 0. The molecule has 0 radical (unpaired) electrons. The Labute approximate surface area is 64.8 Å². The van der Waals surface area contributed by atoms with Crippen molar-refractivity contribution in [1.82, 2.24) is 10.6 Å². The SMILES string of the molecule is CNC(=S)NC1CSC1. The summed E-state index contributed by atoms with van der Waals surface area (Å²) in [6, 6.07) is 0.620. The predicted molar refractivity (Wildman–Crippen MR) is 45.9 cm³/mol. The number of thiocarbonyl (C=S) groups is 1. The van der Waals surface area contributed by atoms with E-state index < -0.39 is 0 Å². The minimum Gasteiger partial charge on any atom is -0.366 e. The van der Waals surface area contributed by atoms with Crippen LogP contribution in [0.1, 0.15) is 0 Å². The minimum atomic E-state index is 0.620. The Morgan fingerprint density at radius 2 is 2.33 bits per heavy atom. The first-order chi connectivity index (χ1) is 4.33. The summed E-state index contributed by atoms with van der Waals surface area (Å²) in [5.41, 5.74) is 0. The second-order valence-corrected chi connectivity index (χ2v) is 3.44. The largest absolute Gasteiger partial charge is 0.366 e. The summed E-state index contributed by atoms with van der Waals surface area (Å²) in [5, 5.41) is 6.80. The molecular formula is C5H10N2S2. The molecule has 1 aliphatic heterocycles. The van der Waals surface area contributed by atoms with Crippen molar-refractivity contribution in [2.75, 3.05) is 18.6 Å². The van der Waals surface area contributed by atoms with E-state index in [0.717, 1.165) is 5.11 Å². The van der Waals surface area contributed by atoms with Crippen molar-refractivity contribution in [2.45, 2.75) is 6.04 Å². The van der Waals surface area contributed by atoms with Crippen molar-refractivity contribution in [1.29, 1.82) is 0 Å². The molecule has 52 valence electrons. The van der Waals surface area contributed by atoms with E-state index in [0.29, 0.717) is 6.04 Å². The summed E-state index contributed by atoms with van der Waals surface area (Å²) in [4.78, 5) is 0. The van der Waals surface area contributed by atoms with Gasteiger partial charge in [-0.3, -0.25) is 0 Å². The highest BCUT2D eigenvalue weighted by molar-refractivity contribution is 8.00. The first-order valence-electron chi connectivity index (χ1n) is 2.89. The molecule has 4 heteroatoms. The van der Waals surface area contributed by atoms with Gasteiger partial charge in [-0.2, -0.15) is 11.8 Å². The normalized spacial score (nSPS) is 18.3. The van der Waals surface area contributed by atoms with E-state index in [-0.39, 0.29) is 0 Å². The molecule has 1 fully saturated rings. The molecule has 0 amide bonds. The lowest BCUT2D eigenvalue weighted by atomic mass is 10.4. The second kappa shape index (κ2) is 3.27. The van der Waals surface area contributed by atoms with Crippen LogP contribution in [0.5, 0.6) is 0 Å². The van der Waals surface area contributed by atoms with Gasteiger partial charge in [0.25, 0.3) is 0 Å². The molecule has 0 aromatic heterocycles. The average Bonchev–Trinajstić information content (AvgIpc) is 1.78. The van der Waals surface area contributed by atoms with Gasteiger partial charge in [0, 0.05) is 24.6 Å². The fourth-order valence-electron chi connectivity index (χ4n) is 0.577. The fraction of sp³-hybridized carbons (Fsp3) is 0.800. The third-order valence-corrected chi connectivity index (χ3v) is 2.80. The Balaban J connectivity index is 2.09. The number of nitrogens with one attached hydrogen (secondary N) is 2. The molecule has 0 unspecified atom stereocenters.